The molecule has 23 heavy (non-hydrogen) atoms. The number of ketones is 1. The van der Waals surface area contributed by atoms with E-state index >= 15 is 0 Å². The fourth-order valence-corrected chi connectivity index (χ4v) is 3.87. The van der Waals surface area contributed by atoms with Crippen LogP contribution in [0.4, 0.5) is 0 Å². The van der Waals surface area contributed by atoms with E-state index in [2.05, 4.69) is 15.2 Å². The van der Waals surface area contributed by atoms with Gasteiger partial charge < -0.3 is 15.2 Å². The van der Waals surface area contributed by atoms with Crippen molar-refractivity contribution in [2.24, 2.45) is 5.41 Å². The smallest absolute Gasteiger partial charge is 0.267 e. The van der Waals surface area contributed by atoms with E-state index in [1.165, 1.54) is 0 Å². The van der Waals surface area contributed by atoms with Crippen LogP contribution in [0.3, 0.4) is 0 Å². The molecular weight excluding hydrogens is 290 g/mol. The second kappa shape index (κ2) is 5.20. The lowest BCUT2D eigenvalue weighted by Crippen LogP contribution is -2.44. The van der Waals surface area contributed by atoms with Crippen molar-refractivity contribution < 1.29 is 9.59 Å². The number of nitrogens with one attached hydrogen (secondary N) is 2. The number of carbonyl (C=O) groups excluding carboxylic acids is 2. The molecule has 120 valence electrons. The van der Waals surface area contributed by atoms with Crippen LogP contribution in [0.15, 0.2) is 24.3 Å². The van der Waals surface area contributed by atoms with Crippen LogP contribution in [0.5, 0.6) is 0 Å². The van der Waals surface area contributed by atoms with Crippen molar-refractivity contribution in [2.45, 2.75) is 26.3 Å². The number of rotatable bonds is 1. The molecule has 1 fully saturated rings. The predicted molar refractivity (Wildman–Crippen MR) is 88.8 cm³/mol. The maximum absolute atomic E-state index is 12.5. The number of benzene rings is 1. The minimum absolute atomic E-state index is 0.0130. The second-order valence-electron chi connectivity index (χ2n) is 6.88. The average molecular weight is 311 g/mol. The Labute approximate surface area is 135 Å². The molecule has 2 N–H and O–H groups in total. The topological polar surface area (TPSA) is 63.1 Å². The number of fused-ring (bicyclic) bond motifs is 3. The van der Waals surface area contributed by atoms with Gasteiger partial charge in [0.1, 0.15) is 5.69 Å². The van der Waals surface area contributed by atoms with Crippen LogP contribution in [0.1, 0.15) is 40.6 Å². The molecule has 3 heterocycles. The molecule has 2 aromatic rings. The summed E-state index contributed by atoms with van der Waals surface area (Å²) in [6.07, 6.45) is 2.11. The van der Waals surface area contributed by atoms with Crippen LogP contribution in [0.2, 0.25) is 0 Å². The lowest BCUT2D eigenvalue weighted by Gasteiger charge is -2.37. The zero-order valence-corrected chi connectivity index (χ0v) is 13.3. The molecule has 1 aromatic heterocycles. The Kier molecular flexibility index (Phi) is 3.27. The predicted octanol–water partition coefficient (Wildman–Crippen LogP) is 1.96. The third kappa shape index (κ3) is 2.36. The van der Waals surface area contributed by atoms with Gasteiger partial charge in [0.25, 0.3) is 5.91 Å². The zero-order valence-electron chi connectivity index (χ0n) is 13.3. The summed E-state index contributed by atoms with van der Waals surface area (Å²) < 4.78 is 2.12. The number of hydrogen-bond donors (Lipinski definition) is 2. The number of nitrogens with zero attached hydrogens (tertiary/aromatic N) is 1. The van der Waals surface area contributed by atoms with Crippen LogP contribution in [0, 0.1) is 5.41 Å². The molecule has 0 saturated carbocycles. The standard InChI is InChI=1S/C18H21N3O2/c1-12(22)13-2-3-14-9-16-17(23)20-10-18(4-6-19-7-5-18)11-21(16)15(14)8-13/h2-3,8-9,19H,4-7,10-11H2,1H3,(H,20,23). The largest absolute Gasteiger partial charge is 0.350 e. The molecule has 1 amide bonds. The second-order valence-corrected chi connectivity index (χ2v) is 6.88. The van der Waals surface area contributed by atoms with Crippen molar-refractivity contribution >= 4 is 22.6 Å². The number of amides is 1. The molecule has 0 aliphatic carbocycles. The molecular formula is C18H21N3O2. The Hall–Kier alpha value is -2.14. The molecule has 5 nitrogen and oxygen atoms in total. The third-order valence-corrected chi connectivity index (χ3v) is 5.33. The highest BCUT2D eigenvalue weighted by Gasteiger charge is 2.37. The summed E-state index contributed by atoms with van der Waals surface area (Å²) >= 11 is 0. The normalized spacial score (nSPS) is 20.1. The monoisotopic (exact) mass is 311 g/mol. The number of hydrogen-bond acceptors (Lipinski definition) is 3. The summed E-state index contributed by atoms with van der Waals surface area (Å²) in [6.45, 7) is 5.11. The zero-order chi connectivity index (χ0) is 16.0. The Morgan fingerprint density at radius 2 is 2.00 bits per heavy atom. The van der Waals surface area contributed by atoms with E-state index in [0.29, 0.717) is 11.3 Å². The number of carbonyl (C=O) groups is 2. The van der Waals surface area contributed by atoms with Crippen molar-refractivity contribution in [2.75, 3.05) is 19.6 Å². The Morgan fingerprint density at radius 1 is 1.22 bits per heavy atom. The molecule has 0 radical (unpaired) electrons. The van der Waals surface area contributed by atoms with Crippen molar-refractivity contribution in [3.05, 3.63) is 35.5 Å². The van der Waals surface area contributed by atoms with Gasteiger partial charge >= 0.3 is 0 Å². The van der Waals surface area contributed by atoms with Gasteiger partial charge in [-0.2, -0.15) is 0 Å². The van der Waals surface area contributed by atoms with Gasteiger partial charge in [0.05, 0.1) is 0 Å². The van der Waals surface area contributed by atoms with Crippen LogP contribution in [0.25, 0.3) is 10.9 Å². The summed E-state index contributed by atoms with van der Waals surface area (Å²) in [4.78, 5) is 24.2. The molecule has 5 heteroatoms. The minimum atomic E-state index is -0.0130. The van der Waals surface area contributed by atoms with Gasteiger partial charge in [-0.3, -0.25) is 9.59 Å². The van der Waals surface area contributed by atoms with E-state index in [1.807, 2.05) is 24.3 Å². The average Bonchev–Trinajstić information content (AvgIpc) is 2.85. The van der Waals surface area contributed by atoms with E-state index < -0.39 is 0 Å². The summed E-state index contributed by atoms with van der Waals surface area (Å²) in [5.41, 5.74) is 2.49. The van der Waals surface area contributed by atoms with E-state index in [4.69, 9.17) is 0 Å². The summed E-state index contributed by atoms with van der Waals surface area (Å²) in [6, 6.07) is 7.64. The van der Waals surface area contributed by atoms with E-state index in [9.17, 15) is 9.59 Å². The minimum Gasteiger partial charge on any atom is -0.350 e. The van der Waals surface area contributed by atoms with Crippen molar-refractivity contribution in [1.82, 2.24) is 15.2 Å². The van der Waals surface area contributed by atoms with Gasteiger partial charge in [0.2, 0.25) is 0 Å². The Bertz CT molecular complexity index is 800. The Morgan fingerprint density at radius 3 is 2.74 bits per heavy atom. The van der Waals surface area contributed by atoms with E-state index in [-0.39, 0.29) is 17.1 Å². The van der Waals surface area contributed by atoms with Gasteiger partial charge in [-0.25, -0.2) is 0 Å². The third-order valence-electron chi connectivity index (χ3n) is 5.33. The highest BCUT2D eigenvalue weighted by atomic mass is 16.2. The van der Waals surface area contributed by atoms with E-state index in [0.717, 1.165) is 49.9 Å². The van der Waals surface area contributed by atoms with Gasteiger partial charge in [-0.05, 0) is 45.0 Å². The van der Waals surface area contributed by atoms with Crippen LogP contribution >= 0.6 is 0 Å². The fraction of sp³-hybridized carbons (Fsp3) is 0.444. The van der Waals surface area contributed by atoms with Crippen LogP contribution in [-0.4, -0.2) is 35.9 Å². The molecule has 2 aliphatic rings. The first-order valence-corrected chi connectivity index (χ1v) is 8.21. The van der Waals surface area contributed by atoms with Gasteiger partial charge in [0.15, 0.2) is 5.78 Å². The van der Waals surface area contributed by atoms with Crippen LogP contribution in [-0.2, 0) is 6.54 Å². The molecule has 4 rings (SSSR count). The lowest BCUT2D eigenvalue weighted by molar-refractivity contribution is 0.0928. The first-order valence-electron chi connectivity index (χ1n) is 8.21. The van der Waals surface area contributed by atoms with Gasteiger partial charge in [-0.1, -0.05) is 12.1 Å². The molecule has 1 aromatic carbocycles. The Balaban J connectivity index is 1.87. The maximum Gasteiger partial charge on any atom is 0.267 e. The van der Waals surface area contributed by atoms with Crippen molar-refractivity contribution in [1.29, 1.82) is 0 Å². The van der Waals surface area contributed by atoms with Crippen molar-refractivity contribution in [3.8, 4) is 0 Å². The number of piperidine rings is 1. The molecule has 2 aliphatic heterocycles. The molecule has 1 spiro atoms. The lowest BCUT2D eigenvalue weighted by atomic mass is 9.78. The van der Waals surface area contributed by atoms with Gasteiger partial charge in [-0.15, -0.1) is 0 Å². The molecule has 1 saturated heterocycles. The number of aromatic nitrogens is 1. The van der Waals surface area contributed by atoms with Gasteiger partial charge in [0, 0.05) is 35.0 Å². The fourth-order valence-electron chi connectivity index (χ4n) is 3.87. The quantitative estimate of drug-likeness (QED) is 0.791. The first kappa shape index (κ1) is 14.5. The summed E-state index contributed by atoms with van der Waals surface area (Å²) in [7, 11) is 0. The molecule has 0 bridgehead atoms. The van der Waals surface area contributed by atoms with Crippen molar-refractivity contribution in [3.63, 3.8) is 0 Å². The summed E-state index contributed by atoms with van der Waals surface area (Å²) in [5.74, 6) is 0.0399. The maximum atomic E-state index is 12.5. The number of Topliss-reactive ketones (excluding diaryl/α,β-unsaturated/α-hetero) is 1. The first-order chi connectivity index (χ1) is 11.1. The summed E-state index contributed by atoms with van der Waals surface area (Å²) in [5, 5.41) is 7.53. The molecule has 0 atom stereocenters. The highest BCUT2D eigenvalue weighted by molar-refractivity contribution is 6.02. The molecule has 0 unspecified atom stereocenters. The SMILES string of the molecule is CC(=O)c1ccc2cc3n(c2c1)CC1(CCNCC1)CNC3=O. The van der Waals surface area contributed by atoms with Crippen LogP contribution < -0.4 is 10.6 Å². The van der Waals surface area contributed by atoms with E-state index in [1.54, 1.807) is 6.92 Å². The highest BCUT2D eigenvalue weighted by Crippen LogP contribution is 2.35.